The first-order valence-corrected chi connectivity index (χ1v) is 5.09. The summed E-state index contributed by atoms with van der Waals surface area (Å²) in [7, 11) is 1.15. The van der Waals surface area contributed by atoms with Gasteiger partial charge in [0.2, 0.25) is 6.17 Å². The van der Waals surface area contributed by atoms with Crippen molar-refractivity contribution in [1.82, 2.24) is 0 Å². The van der Waals surface area contributed by atoms with Crippen LogP contribution in [-0.4, -0.2) is 19.3 Å². The van der Waals surface area contributed by atoms with Crippen molar-refractivity contribution in [2.24, 2.45) is 0 Å². The van der Waals surface area contributed by atoms with Crippen molar-refractivity contribution in [2.75, 3.05) is 7.11 Å². The number of esters is 1. The Morgan fingerprint density at radius 1 is 1.53 bits per heavy atom. The van der Waals surface area contributed by atoms with Crippen molar-refractivity contribution in [3.05, 3.63) is 40.4 Å². The number of alkyl halides is 1. The fourth-order valence-electron chi connectivity index (χ4n) is 0.990. The largest absolute Gasteiger partial charge is 0.467 e. The van der Waals surface area contributed by atoms with Crippen molar-refractivity contribution in [2.45, 2.75) is 6.17 Å². The number of hydrogen-bond donors (Lipinski definition) is 0. The number of rotatable bonds is 3. The Morgan fingerprint density at radius 2 is 2.20 bits per heavy atom. The Hall–Kier alpha value is -1.16. The molecule has 1 aromatic rings. The van der Waals surface area contributed by atoms with Crippen LogP contribution in [-0.2, 0) is 9.53 Å². The molecular formula is C11H10BrFO2. The van der Waals surface area contributed by atoms with E-state index in [0.717, 1.165) is 23.2 Å². The molecule has 15 heavy (non-hydrogen) atoms. The molecule has 0 aliphatic heterocycles. The van der Waals surface area contributed by atoms with Crippen LogP contribution in [0.5, 0.6) is 0 Å². The average molecular weight is 273 g/mol. The Labute approximate surface area is 95.9 Å². The number of ether oxygens (including phenoxy) is 1. The molecule has 0 N–H and O–H groups in total. The fourth-order valence-corrected chi connectivity index (χ4v) is 1.41. The molecule has 0 aliphatic rings. The van der Waals surface area contributed by atoms with Crippen LogP contribution >= 0.6 is 15.9 Å². The topological polar surface area (TPSA) is 26.3 Å². The highest BCUT2D eigenvalue weighted by Crippen LogP contribution is 2.17. The molecule has 80 valence electrons. The van der Waals surface area contributed by atoms with E-state index in [1.807, 2.05) is 24.3 Å². The minimum absolute atomic E-state index is 0.809. The maximum absolute atomic E-state index is 13.0. The first-order valence-electron chi connectivity index (χ1n) is 4.30. The summed E-state index contributed by atoms with van der Waals surface area (Å²) in [6.07, 6.45) is 0.972. The van der Waals surface area contributed by atoms with Crippen molar-refractivity contribution in [3.8, 4) is 0 Å². The zero-order valence-corrected chi connectivity index (χ0v) is 9.70. The zero-order valence-electron chi connectivity index (χ0n) is 8.11. The number of halogens is 2. The van der Waals surface area contributed by atoms with E-state index >= 15 is 0 Å². The van der Waals surface area contributed by atoms with E-state index in [1.165, 1.54) is 6.08 Å². The first-order chi connectivity index (χ1) is 7.15. The second-order valence-electron chi connectivity index (χ2n) is 2.81. The van der Waals surface area contributed by atoms with Crippen LogP contribution in [0.1, 0.15) is 5.56 Å². The van der Waals surface area contributed by atoms with E-state index in [1.54, 1.807) is 0 Å². The summed E-state index contributed by atoms with van der Waals surface area (Å²) in [6.45, 7) is 0. The quantitative estimate of drug-likeness (QED) is 0.791. The van der Waals surface area contributed by atoms with Gasteiger partial charge in [-0.1, -0.05) is 40.2 Å². The maximum Gasteiger partial charge on any atom is 0.344 e. The van der Waals surface area contributed by atoms with Gasteiger partial charge in [0, 0.05) is 4.47 Å². The average Bonchev–Trinajstić information content (AvgIpc) is 2.26. The van der Waals surface area contributed by atoms with E-state index < -0.39 is 12.1 Å². The van der Waals surface area contributed by atoms with Crippen LogP contribution in [0.15, 0.2) is 34.8 Å². The molecule has 1 aromatic carbocycles. The number of methoxy groups -OCH3 is 1. The molecule has 0 aliphatic carbocycles. The predicted octanol–water partition coefficient (Wildman–Crippen LogP) is 2.97. The normalized spacial score (nSPS) is 12.7. The monoisotopic (exact) mass is 272 g/mol. The van der Waals surface area contributed by atoms with Crippen LogP contribution in [0.3, 0.4) is 0 Å². The second kappa shape index (κ2) is 5.66. The third-order valence-corrected chi connectivity index (χ3v) is 2.50. The Kier molecular flexibility index (Phi) is 4.49. The van der Waals surface area contributed by atoms with Gasteiger partial charge in [-0.05, 0) is 17.7 Å². The smallest absolute Gasteiger partial charge is 0.344 e. The first kappa shape index (κ1) is 11.9. The highest BCUT2D eigenvalue weighted by atomic mass is 79.9. The fraction of sp³-hybridized carbons (Fsp3) is 0.182. The third-order valence-electron chi connectivity index (χ3n) is 1.78. The van der Waals surface area contributed by atoms with Crippen LogP contribution in [0.4, 0.5) is 4.39 Å². The number of benzene rings is 1. The Balaban J connectivity index is 2.74. The number of carbonyl (C=O) groups is 1. The number of hydrogen-bond acceptors (Lipinski definition) is 2. The molecule has 1 atom stereocenters. The summed E-state index contributed by atoms with van der Waals surface area (Å²) in [5, 5.41) is 0. The molecule has 0 spiro atoms. The molecule has 0 heterocycles. The van der Waals surface area contributed by atoms with E-state index in [0.29, 0.717) is 0 Å². The van der Waals surface area contributed by atoms with E-state index in [4.69, 9.17) is 0 Å². The van der Waals surface area contributed by atoms with Gasteiger partial charge < -0.3 is 4.74 Å². The molecule has 0 fully saturated rings. The van der Waals surface area contributed by atoms with Crippen molar-refractivity contribution < 1.29 is 13.9 Å². The van der Waals surface area contributed by atoms with Gasteiger partial charge in [-0.25, -0.2) is 9.18 Å². The lowest BCUT2D eigenvalue weighted by Gasteiger charge is -2.00. The van der Waals surface area contributed by atoms with Crippen molar-refractivity contribution in [3.63, 3.8) is 0 Å². The predicted molar refractivity (Wildman–Crippen MR) is 60.1 cm³/mol. The molecule has 0 saturated heterocycles. The van der Waals surface area contributed by atoms with Gasteiger partial charge in [0.25, 0.3) is 0 Å². The van der Waals surface area contributed by atoms with Crippen molar-refractivity contribution >= 4 is 28.0 Å². The lowest BCUT2D eigenvalue weighted by atomic mass is 10.2. The third kappa shape index (κ3) is 3.47. The minimum atomic E-state index is -1.72. The Morgan fingerprint density at radius 3 is 2.80 bits per heavy atom. The molecule has 1 rings (SSSR count). The van der Waals surface area contributed by atoms with Gasteiger partial charge in [0.05, 0.1) is 7.11 Å². The van der Waals surface area contributed by atoms with E-state index in [9.17, 15) is 9.18 Å². The van der Waals surface area contributed by atoms with Crippen LogP contribution < -0.4 is 0 Å². The van der Waals surface area contributed by atoms with Gasteiger partial charge in [0.1, 0.15) is 0 Å². The van der Waals surface area contributed by atoms with Gasteiger partial charge in [-0.3, -0.25) is 0 Å². The SMILES string of the molecule is COC(=O)[C@H](F)/C=C/c1ccccc1Br. The van der Waals surface area contributed by atoms with Gasteiger partial charge in [0.15, 0.2) is 0 Å². The van der Waals surface area contributed by atoms with Crippen molar-refractivity contribution in [1.29, 1.82) is 0 Å². The molecular weight excluding hydrogens is 263 g/mol. The standard InChI is InChI=1S/C11H10BrFO2/c1-15-11(14)10(13)7-6-8-4-2-3-5-9(8)12/h2-7,10H,1H3/b7-6+/t10-/m1/s1. The minimum Gasteiger partial charge on any atom is -0.467 e. The zero-order chi connectivity index (χ0) is 11.3. The molecule has 0 aromatic heterocycles. The van der Waals surface area contributed by atoms with Gasteiger partial charge >= 0.3 is 5.97 Å². The highest BCUT2D eigenvalue weighted by Gasteiger charge is 2.13. The Bertz CT molecular complexity index is 377. The molecule has 0 bridgehead atoms. The summed E-state index contributed by atoms with van der Waals surface area (Å²) in [5.41, 5.74) is 0.809. The highest BCUT2D eigenvalue weighted by molar-refractivity contribution is 9.10. The lowest BCUT2D eigenvalue weighted by molar-refractivity contribution is -0.144. The van der Waals surface area contributed by atoms with Crippen LogP contribution in [0, 0.1) is 0 Å². The summed E-state index contributed by atoms with van der Waals surface area (Å²) >= 11 is 3.31. The number of carbonyl (C=O) groups excluding carboxylic acids is 1. The summed E-state index contributed by atoms with van der Waals surface area (Å²) in [6, 6.07) is 7.33. The lowest BCUT2D eigenvalue weighted by Crippen LogP contribution is -2.14. The molecule has 2 nitrogen and oxygen atoms in total. The van der Waals surface area contributed by atoms with Gasteiger partial charge in [-0.2, -0.15) is 0 Å². The van der Waals surface area contributed by atoms with Gasteiger partial charge in [-0.15, -0.1) is 0 Å². The van der Waals surface area contributed by atoms with Crippen LogP contribution in [0.25, 0.3) is 6.08 Å². The second-order valence-corrected chi connectivity index (χ2v) is 3.66. The molecule has 0 amide bonds. The summed E-state index contributed by atoms with van der Waals surface area (Å²) in [5.74, 6) is -0.890. The molecule has 0 saturated carbocycles. The van der Waals surface area contributed by atoms with E-state index in [-0.39, 0.29) is 0 Å². The molecule has 0 radical (unpaired) electrons. The molecule has 4 heteroatoms. The maximum atomic E-state index is 13.0. The summed E-state index contributed by atoms with van der Waals surface area (Å²) < 4.78 is 18.1. The summed E-state index contributed by atoms with van der Waals surface area (Å²) in [4.78, 5) is 10.8. The van der Waals surface area contributed by atoms with Crippen LogP contribution in [0.2, 0.25) is 0 Å². The molecule has 0 unspecified atom stereocenters. The van der Waals surface area contributed by atoms with E-state index in [2.05, 4.69) is 20.7 Å².